The third-order valence-electron chi connectivity index (χ3n) is 3.05. The lowest BCUT2D eigenvalue weighted by atomic mass is 10.1. The molecule has 0 saturated heterocycles. The van der Waals surface area contributed by atoms with Gasteiger partial charge >= 0.3 is 0 Å². The molecule has 20 heavy (non-hydrogen) atoms. The summed E-state index contributed by atoms with van der Waals surface area (Å²) in [5.74, 6) is -0.0637. The van der Waals surface area contributed by atoms with E-state index >= 15 is 0 Å². The summed E-state index contributed by atoms with van der Waals surface area (Å²) in [6.45, 7) is 5.44. The van der Waals surface area contributed by atoms with Crippen LogP contribution < -0.4 is 0 Å². The SMILES string of the molecule is CCCCN(CC)C(=O)c1cccc(CS(C)(=O)=O)c1. The van der Waals surface area contributed by atoms with Gasteiger partial charge in [0.1, 0.15) is 0 Å². The molecule has 0 saturated carbocycles. The summed E-state index contributed by atoms with van der Waals surface area (Å²) in [5.41, 5.74) is 1.22. The molecule has 0 heterocycles. The number of nitrogens with zero attached hydrogens (tertiary/aromatic N) is 1. The molecule has 112 valence electrons. The molecule has 1 amide bonds. The van der Waals surface area contributed by atoms with Crippen molar-refractivity contribution in [2.24, 2.45) is 0 Å². The molecule has 0 atom stereocenters. The number of sulfone groups is 1. The predicted molar refractivity (Wildman–Crippen MR) is 81.5 cm³/mol. The summed E-state index contributed by atoms with van der Waals surface area (Å²) in [6.07, 6.45) is 3.21. The first-order valence-electron chi connectivity index (χ1n) is 6.93. The standard InChI is InChI=1S/C15H23NO3S/c1-4-6-10-16(5-2)15(17)14-9-7-8-13(11-14)12-20(3,18)19/h7-9,11H,4-6,10,12H2,1-3H3. The minimum atomic E-state index is -3.08. The summed E-state index contributed by atoms with van der Waals surface area (Å²) in [6, 6.07) is 6.89. The van der Waals surface area contributed by atoms with Gasteiger partial charge in [0.15, 0.2) is 9.84 Å². The topological polar surface area (TPSA) is 54.5 Å². The minimum absolute atomic E-state index is 0.0312. The van der Waals surface area contributed by atoms with Crippen LogP contribution in [0, 0.1) is 0 Å². The number of unbranched alkanes of at least 4 members (excludes halogenated alkanes) is 1. The monoisotopic (exact) mass is 297 g/mol. The van der Waals surface area contributed by atoms with Crippen molar-refractivity contribution in [3.63, 3.8) is 0 Å². The summed E-state index contributed by atoms with van der Waals surface area (Å²) < 4.78 is 22.6. The molecule has 0 spiro atoms. The number of carbonyl (C=O) groups is 1. The highest BCUT2D eigenvalue weighted by atomic mass is 32.2. The van der Waals surface area contributed by atoms with Gasteiger partial charge in [0, 0.05) is 24.9 Å². The van der Waals surface area contributed by atoms with Gasteiger partial charge in [0.2, 0.25) is 0 Å². The highest BCUT2D eigenvalue weighted by Gasteiger charge is 2.14. The van der Waals surface area contributed by atoms with Crippen molar-refractivity contribution in [3.05, 3.63) is 35.4 Å². The highest BCUT2D eigenvalue weighted by molar-refractivity contribution is 7.89. The van der Waals surface area contributed by atoms with E-state index in [0.29, 0.717) is 17.7 Å². The van der Waals surface area contributed by atoms with Crippen LogP contribution in [0.2, 0.25) is 0 Å². The van der Waals surface area contributed by atoms with Crippen LogP contribution in [-0.4, -0.2) is 38.6 Å². The van der Waals surface area contributed by atoms with Crippen LogP contribution >= 0.6 is 0 Å². The Morgan fingerprint density at radius 1 is 1.25 bits per heavy atom. The Morgan fingerprint density at radius 3 is 2.50 bits per heavy atom. The van der Waals surface area contributed by atoms with Crippen molar-refractivity contribution in [1.29, 1.82) is 0 Å². The number of amides is 1. The van der Waals surface area contributed by atoms with Crippen molar-refractivity contribution in [1.82, 2.24) is 4.90 Å². The Hall–Kier alpha value is -1.36. The predicted octanol–water partition coefficient (Wildman–Crippen LogP) is 2.49. The smallest absolute Gasteiger partial charge is 0.253 e. The van der Waals surface area contributed by atoms with Gasteiger partial charge in [-0.2, -0.15) is 0 Å². The van der Waals surface area contributed by atoms with Gasteiger partial charge in [-0.1, -0.05) is 25.5 Å². The molecular formula is C15H23NO3S. The molecule has 0 aliphatic heterocycles. The van der Waals surface area contributed by atoms with Gasteiger partial charge < -0.3 is 4.90 Å². The first-order valence-corrected chi connectivity index (χ1v) is 8.99. The second-order valence-corrected chi connectivity index (χ2v) is 7.15. The van der Waals surface area contributed by atoms with Gasteiger partial charge in [0.25, 0.3) is 5.91 Å². The van der Waals surface area contributed by atoms with Crippen LogP contribution in [0.25, 0.3) is 0 Å². The van der Waals surface area contributed by atoms with Crippen molar-refractivity contribution in [2.45, 2.75) is 32.4 Å². The molecule has 1 aromatic carbocycles. The van der Waals surface area contributed by atoms with Gasteiger partial charge in [-0.25, -0.2) is 8.42 Å². The number of hydrogen-bond acceptors (Lipinski definition) is 3. The zero-order valence-corrected chi connectivity index (χ0v) is 13.2. The molecule has 5 heteroatoms. The highest BCUT2D eigenvalue weighted by Crippen LogP contribution is 2.11. The fourth-order valence-electron chi connectivity index (χ4n) is 2.03. The third kappa shape index (κ3) is 5.33. The van der Waals surface area contributed by atoms with Gasteiger partial charge in [-0.3, -0.25) is 4.79 Å². The van der Waals surface area contributed by atoms with Crippen LogP contribution in [0.3, 0.4) is 0 Å². The molecule has 0 radical (unpaired) electrons. The average Bonchev–Trinajstić information content (AvgIpc) is 2.37. The van der Waals surface area contributed by atoms with Crippen LogP contribution in [0.4, 0.5) is 0 Å². The Bertz CT molecular complexity index is 552. The number of rotatable bonds is 7. The summed E-state index contributed by atoms with van der Waals surface area (Å²) in [4.78, 5) is 14.2. The van der Waals surface area contributed by atoms with Crippen molar-refractivity contribution < 1.29 is 13.2 Å². The fraction of sp³-hybridized carbons (Fsp3) is 0.533. The first-order chi connectivity index (χ1) is 9.37. The van der Waals surface area contributed by atoms with E-state index in [1.54, 1.807) is 29.2 Å². The van der Waals surface area contributed by atoms with E-state index in [2.05, 4.69) is 6.92 Å². The van der Waals surface area contributed by atoms with E-state index in [9.17, 15) is 13.2 Å². The van der Waals surface area contributed by atoms with Crippen LogP contribution in [0.15, 0.2) is 24.3 Å². The maximum atomic E-state index is 12.4. The second-order valence-electron chi connectivity index (χ2n) is 5.01. The van der Waals surface area contributed by atoms with Crippen molar-refractivity contribution >= 4 is 15.7 Å². The van der Waals surface area contributed by atoms with Gasteiger partial charge in [0.05, 0.1) is 5.75 Å². The number of hydrogen-bond donors (Lipinski definition) is 0. The first kappa shape index (κ1) is 16.7. The quantitative estimate of drug-likeness (QED) is 0.777. The normalized spacial score (nSPS) is 11.3. The second kappa shape index (κ2) is 7.43. The molecule has 0 aromatic heterocycles. The lowest BCUT2D eigenvalue weighted by Gasteiger charge is -2.20. The Kier molecular flexibility index (Phi) is 6.20. The molecular weight excluding hydrogens is 274 g/mol. The van der Waals surface area contributed by atoms with Crippen LogP contribution in [0.1, 0.15) is 42.6 Å². The van der Waals surface area contributed by atoms with Crippen LogP contribution in [0.5, 0.6) is 0 Å². The van der Waals surface area contributed by atoms with Gasteiger partial charge in [-0.15, -0.1) is 0 Å². The molecule has 0 bridgehead atoms. The average molecular weight is 297 g/mol. The van der Waals surface area contributed by atoms with Crippen LogP contribution in [-0.2, 0) is 15.6 Å². The van der Waals surface area contributed by atoms with Crippen molar-refractivity contribution in [2.75, 3.05) is 19.3 Å². The zero-order valence-electron chi connectivity index (χ0n) is 12.4. The third-order valence-corrected chi connectivity index (χ3v) is 3.91. The van der Waals surface area contributed by atoms with E-state index < -0.39 is 9.84 Å². The largest absolute Gasteiger partial charge is 0.339 e. The number of benzene rings is 1. The molecule has 0 N–H and O–H groups in total. The molecule has 1 aromatic rings. The van der Waals surface area contributed by atoms with E-state index in [1.165, 1.54) is 6.26 Å². The molecule has 0 aliphatic rings. The van der Waals surface area contributed by atoms with E-state index in [0.717, 1.165) is 19.4 Å². The maximum Gasteiger partial charge on any atom is 0.253 e. The molecule has 0 unspecified atom stereocenters. The molecule has 4 nitrogen and oxygen atoms in total. The Balaban J connectivity index is 2.90. The Morgan fingerprint density at radius 2 is 1.95 bits per heavy atom. The molecule has 1 rings (SSSR count). The lowest BCUT2D eigenvalue weighted by molar-refractivity contribution is 0.0762. The Labute approximate surface area is 121 Å². The fourth-order valence-corrected chi connectivity index (χ4v) is 2.82. The summed E-state index contributed by atoms with van der Waals surface area (Å²) in [7, 11) is -3.08. The zero-order chi connectivity index (χ0) is 15.2. The number of carbonyl (C=O) groups excluding carboxylic acids is 1. The van der Waals surface area contributed by atoms with E-state index in [-0.39, 0.29) is 11.7 Å². The maximum absolute atomic E-state index is 12.4. The molecule has 0 aliphatic carbocycles. The lowest BCUT2D eigenvalue weighted by Crippen LogP contribution is -2.31. The van der Waals surface area contributed by atoms with Gasteiger partial charge in [-0.05, 0) is 31.0 Å². The summed E-state index contributed by atoms with van der Waals surface area (Å²) >= 11 is 0. The van der Waals surface area contributed by atoms with E-state index in [1.807, 2.05) is 6.92 Å². The molecule has 0 fully saturated rings. The van der Waals surface area contributed by atoms with E-state index in [4.69, 9.17) is 0 Å². The minimum Gasteiger partial charge on any atom is -0.339 e. The summed E-state index contributed by atoms with van der Waals surface area (Å²) in [5, 5.41) is 0. The van der Waals surface area contributed by atoms with Crippen molar-refractivity contribution in [3.8, 4) is 0 Å².